The first-order valence-corrected chi connectivity index (χ1v) is 12.0. The van der Waals surface area contributed by atoms with Crippen molar-refractivity contribution in [3.63, 3.8) is 0 Å². The van der Waals surface area contributed by atoms with Gasteiger partial charge in [-0.25, -0.2) is 4.79 Å². The summed E-state index contributed by atoms with van der Waals surface area (Å²) in [6, 6.07) is 15.9. The predicted molar refractivity (Wildman–Crippen MR) is 135 cm³/mol. The van der Waals surface area contributed by atoms with Crippen LogP contribution in [0.1, 0.15) is 31.9 Å². The van der Waals surface area contributed by atoms with E-state index in [9.17, 15) is 4.79 Å². The molecule has 0 bridgehead atoms. The molecule has 2 aromatic rings. The van der Waals surface area contributed by atoms with Crippen LogP contribution in [0.4, 0.5) is 5.69 Å². The van der Waals surface area contributed by atoms with E-state index in [1.54, 1.807) is 11.8 Å². The Morgan fingerprint density at radius 1 is 1.13 bits per heavy atom. The van der Waals surface area contributed by atoms with Gasteiger partial charge in [0.25, 0.3) is 0 Å². The van der Waals surface area contributed by atoms with Gasteiger partial charge in [0.2, 0.25) is 0 Å². The zero-order valence-corrected chi connectivity index (χ0v) is 20.2. The van der Waals surface area contributed by atoms with Crippen LogP contribution in [0.15, 0.2) is 57.7 Å². The van der Waals surface area contributed by atoms with Gasteiger partial charge in [0.05, 0.1) is 23.5 Å². The highest BCUT2D eigenvalue weighted by Crippen LogP contribution is 2.58. The maximum Gasteiger partial charge on any atom is 0.345 e. The van der Waals surface area contributed by atoms with Crippen molar-refractivity contribution in [2.24, 2.45) is 0 Å². The summed E-state index contributed by atoms with van der Waals surface area (Å²) in [5.74, 6) is 0.454. The zero-order valence-electron chi connectivity index (χ0n) is 17.8. The predicted octanol–water partition coefficient (Wildman–Crippen LogP) is 6.35. The highest BCUT2D eigenvalue weighted by Gasteiger charge is 2.38. The quantitative estimate of drug-likeness (QED) is 0.318. The lowest BCUT2D eigenvalue weighted by atomic mass is 9.85. The van der Waals surface area contributed by atoms with Gasteiger partial charge in [-0.3, -0.25) is 0 Å². The number of anilines is 1. The normalized spacial score (nSPS) is 19.7. The van der Waals surface area contributed by atoms with Crippen molar-refractivity contribution in [2.45, 2.75) is 26.3 Å². The van der Waals surface area contributed by atoms with Gasteiger partial charge in [-0.1, -0.05) is 66.1 Å². The molecule has 4 nitrogen and oxygen atoms in total. The number of benzene rings is 2. The Labute approximate surface area is 196 Å². The van der Waals surface area contributed by atoms with Crippen LogP contribution in [-0.4, -0.2) is 30.1 Å². The van der Waals surface area contributed by atoms with Crippen LogP contribution in [0.5, 0.6) is 5.75 Å². The molecule has 31 heavy (non-hydrogen) atoms. The summed E-state index contributed by atoms with van der Waals surface area (Å²) in [6.45, 7) is 6.70. The van der Waals surface area contributed by atoms with E-state index in [1.807, 2.05) is 55.5 Å². The van der Waals surface area contributed by atoms with E-state index in [-0.39, 0.29) is 5.97 Å². The number of nitrogens with one attached hydrogen (secondary N) is 1. The van der Waals surface area contributed by atoms with Crippen LogP contribution < -0.4 is 10.1 Å². The van der Waals surface area contributed by atoms with Gasteiger partial charge in [0.15, 0.2) is 0 Å². The summed E-state index contributed by atoms with van der Waals surface area (Å²) in [5.41, 5.74) is 3.54. The molecule has 0 amide bonds. The second kappa shape index (κ2) is 8.73. The first-order chi connectivity index (χ1) is 14.9. The number of fused-ring (bicyclic) bond motifs is 1. The lowest BCUT2D eigenvalue weighted by molar-refractivity contribution is -0.135. The van der Waals surface area contributed by atoms with Gasteiger partial charge in [0, 0.05) is 26.6 Å². The molecule has 2 heterocycles. The minimum absolute atomic E-state index is 0.339. The SMILES string of the molecule is CCOc1ccc2c(c1)/C(=C1/SC(C(=O)OC)=C(c3ccccc3)S1)C(=S)C(C)(C)N2. The van der Waals surface area contributed by atoms with Crippen LogP contribution >= 0.6 is 35.7 Å². The maximum atomic E-state index is 12.6. The summed E-state index contributed by atoms with van der Waals surface area (Å²) in [7, 11) is 1.41. The highest BCUT2D eigenvalue weighted by atomic mass is 32.2. The molecule has 0 fully saturated rings. The fraction of sp³-hybridized carbons (Fsp3) is 0.250. The Bertz CT molecular complexity index is 1120. The van der Waals surface area contributed by atoms with Crippen LogP contribution in [0, 0.1) is 0 Å². The topological polar surface area (TPSA) is 47.6 Å². The monoisotopic (exact) mass is 469 g/mol. The molecule has 0 unspecified atom stereocenters. The Morgan fingerprint density at radius 2 is 1.87 bits per heavy atom. The lowest BCUT2D eigenvalue weighted by Crippen LogP contribution is -2.43. The Balaban J connectivity index is 1.88. The molecule has 2 aromatic carbocycles. The molecule has 4 rings (SSSR count). The van der Waals surface area contributed by atoms with E-state index in [0.29, 0.717) is 11.5 Å². The van der Waals surface area contributed by atoms with Gasteiger partial charge in [0.1, 0.15) is 10.7 Å². The largest absolute Gasteiger partial charge is 0.494 e. The molecule has 2 aliphatic rings. The molecular weight excluding hydrogens is 446 g/mol. The summed E-state index contributed by atoms with van der Waals surface area (Å²) >= 11 is 8.96. The second-order valence-corrected chi connectivity index (χ2v) is 10.3. The number of carbonyl (C=O) groups is 1. The van der Waals surface area contributed by atoms with Gasteiger partial charge >= 0.3 is 5.97 Å². The molecule has 0 radical (unpaired) electrons. The van der Waals surface area contributed by atoms with E-state index < -0.39 is 5.54 Å². The van der Waals surface area contributed by atoms with Crippen LogP contribution in [0.25, 0.3) is 10.5 Å². The number of carbonyl (C=O) groups excluding carboxylic acids is 1. The second-order valence-electron chi connectivity index (χ2n) is 7.60. The van der Waals surface area contributed by atoms with Gasteiger partial charge in [-0.15, -0.1) is 0 Å². The van der Waals surface area contributed by atoms with Crippen molar-refractivity contribution in [1.82, 2.24) is 0 Å². The number of thioether (sulfide) groups is 2. The van der Waals surface area contributed by atoms with E-state index >= 15 is 0 Å². The van der Waals surface area contributed by atoms with E-state index in [4.69, 9.17) is 21.7 Å². The minimum Gasteiger partial charge on any atom is -0.494 e. The zero-order chi connectivity index (χ0) is 22.2. The van der Waals surface area contributed by atoms with Crippen molar-refractivity contribution in [2.75, 3.05) is 19.0 Å². The van der Waals surface area contributed by atoms with Crippen LogP contribution in [0.3, 0.4) is 0 Å². The fourth-order valence-corrected chi connectivity index (χ4v) is 6.65. The Hall–Kier alpha value is -2.22. The van der Waals surface area contributed by atoms with E-state index in [1.165, 1.54) is 18.9 Å². The van der Waals surface area contributed by atoms with Crippen molar-refractivity contribution in [1.29, 1.82) is 0 Å². The van der Waals surface area contributed by atoms with Crippen LogP contribution in [0.2, 0.25) is 0 Å². The Morgan fingerprint density at radius 3 is 2.55 bits per heavy atom. The molecule has 0 atom stereocenters. The first-order valence-electron chi connectivity index (χ1n) is 9.94. The highest BCUT2D eigenvalue weighted by molar-refractivity contribution is 8.32. The smallest absolute Gasteiger partial charge is 0.345 e. The number of esters is 1. The number of thiocarbonyl (C=S) groups is 1. The van der Waals surface area contributed by atoms with Crippen LogP contribution in [-0.2, 0) is 9.53 Å². The van der Waals surface area contributed by atoms with Gasteiger partial charge < -0.3 is 14.8 Å². The van der Waals surface area contributed by atoms with Crippen molar-refractivity contribution >= 4 is 62.7 Å². The van der Waals surface area contributed by atoms with Gasteiger partial charge in [-0.05, 0) is 44.5 Å². The van der Waals surface area contributed by atoms with Crippen molar-refractivity contribution < 1.29 is 14.3 Å². The number of ether oxygens (including phenoxy) is 2. The third kappa shape index (κ3) is 4.14. The number of methoxy groups -OCH3 is 1. The molecule has 0 saturated heterocycles. The molecule has 0 aliphatic carbocycles. The molecule has 7 heteroatoms. The van der Waals surface area contributed by atoms with Crippen molar-refractivity contribution in [3.05, 3.63) is 68.8 Å². The summed E-state index contributed by atoms with van der Waals surface area (Å²) in [5, 5.41) is 3.54. The molecule has 0 aromatic heterocycles. The van der Waals surface area contributed by atoms with E-state index in [2.05, 4.69) is 19.2 Å². The molecule has 1 N–H and O–H groups in total. The van der Waals surface area contributed by atoms with Crippen molar-refractivity contribution in [3.8, 4) is 5.75 Å². The van der Waals surface area contributed by atoms with Gasteiger partial charge in [-0.2, -0.15) is 0 Å². The average Bonchev–Trinajstić information content (AvgIpc) is 3.20. The Kier molecular flexibility index (Phi) is 6.19. The molecule has 2 aliphatic heterocycles. The first kappa shape index (κ1) is 22.0. The molecule has 0 spiro atoms. The number of hydrogen-bond donors (Lipinski definition) is 1. The number of rotatable bonds is 4. The summed E-state index contributed by atoms with van der Waals surface area (Å²) < 4.78 is 11.8. The molecular formula is C24H23NO3S3. The summed E-state index contributed by atoms with van der Waals surface area (Å²) in [6.07, 6.45) is 0. The maximum absolute atomic E-state index is 12.6. The fourth-order valence-electron chi connectivity index (χ4n) is 3.53. The molecule has 0 saturated carbocycles. The third-order valence-corrected chi connectivity index (χ3v) is 8.36. The van der Waals surface area contributed by atoms with E-state index in [0.717, 1.165) is 42.1 Å². The standard InChI is InChI=1S/C24H23NO3S3/c1-5-28-15-11-12-17-16(13-15)18(21(29)24(2,3)25-17)23-30-19(14-9-7-6-8-10-14)20(31-23)22(26)27-4/h6-13,25H,5H2,1-4H3/b23-18-. The third-order valence-electron chi connectivity index (χ3n) is 5.02. The summed E-state index contributed by atoms with van der Waals surface area (Å²) in [4.78, 5) is 14.9. The number of hydrogen-bond acceptors (Lipinski definition) is 7. The molecule has 160 valence electrons. The lowest BCUT2D eigenvalue weighted by Gasteiger charge is -2.37. The minimum atomic E-state index is -0.403. The average molecular weight is 470 g/mol.